The maximum atomic E-state index is 6.04. The molecule has 0 spiro atoms. The van der Waals surface area contributed by atoms with Crippen molar-refractivity contribution in [2.24, 2.45) is 17.6 Å². The van der Waals surface area contributed by atoms with Crippen LogP contribution in [0.15, 0.2) is 24.3 Å². The summed E-state index contributed by atoms with van der Waals surface area (Å²) in [6, 6.07) is 9.13. The van der Waals surface area contributed by atoms with Gasteiger partial charge in [0.2, 0.25) is 0 Å². The largest absolute Gasteiger partial charge is 0.330 e. The van der Waals surface area contributed by atoms with E-state index in [2.05, 4.69) is 38.1 Å². The number of nitrogens with two attached hydrogens (primary N) is 1. The third-order valence-electron chi connectivity index (χ3n) is 4.70. The highest BCUT2D eigenvalue weighted by molar-refractivity contribution is 5.26. The first-order chi connectivity index (χ1) is 8.74. The Morgan fingerprint density at radius 3 is 2.22 bits per heavy atom. The van der Waals surface area contributed by atoms with Crippen molar-refractivity contribution >= 4 is 0 Å². The summed E-state index contributed by atoms with van der Waals surface area (Å²) in [5, 5.41) is 0. The van der Waals surface area contributed by atoms with Crippen LogP contribution in [0.5, 0.6) is 0 Å². The van der Waals surface area contributed by atoms with E-state index in [9.17, 15) is 0 Å². The van der Waals surface area contributed by atoms with Crippen LogP contribution >= 0.6 is 0 Å². The molecule has 0 saturated heterocycles. The van der Waals surface area contributed by atoms with Crippen molar-refractivity contribution in [3.05, 3.63) is 35.4 Å². The molecule has 2 N–H and O–H groups in total. The average Bonchev–Trinajstić information content (AvgIpc) is 2.42. The molecule has 1 aromatic rings. The lowest BCUT2D eigenvalue weighted by Gasteiger charge is -2.32. The second kappa shape index (κ2) is 6.38. The second-order valence-corrected chi connectivity index (χ2v) is 5.96. The molecule has 1 aliphatic rings. The predicted molar refractivity (Wildman–Crippen MR) is 78.7 cm³/mol. The molecule has 1 aromatic carbocycles. The average molecular weight is 245 g/mol. The summed E-state index contributed by atoms with van der Waals surface area (Å²) in [5.74, 6) is 2.30. The van der Waals surface area contributed by atoms with Gasteiger partial charge < -0.3 is 5.73 Å². The van der Waals surface area contributed by atoms with Crippen LogP contribution < -0.4 is 5.73 Å². The lowest BCUT2D eigenvalue weighted by atomic mass is 9.74. The minimum Gasteiger partial charge on any atom is -0.330 e. The Morgan fingerprint density at radius 2 is 1.72 bits per heavy atom. The van der Waals surface area contributed by atoms with Crippen molar-refractivity contribution in [2.45, 2.75) is 51.9 Å². The smallest absolute Gasteiger partial charge is 0.000556 e. The minimum absolute atomic E-state index is 0.573. The molecule has 2 rings (SSSR count). The van der Waals surface area contributed by atoms with E-state index in [1.165, 1.54) is 36.8 Å². The first-order valence-electron chi connectivity index (χ1n) is 7.53. The summed E-state index contributed by atoms with van der Waals surface area (Å²) in [6.07, 6.45) is 6.61. The maximum Gasteiger partial charge on any atom is -0.000556 e. The molecule has 18 heavy (non-hydrogen) atoms. The van der Waals surface area contributed by atoms with Crippen molar-refractivity contribution in [1.29, 1.82) is 0 Å². The lowest BCUT2D eigenvalue weighted by molar-refractivity contribution is 0.256. The van der Waals surface area contributed by atoms with E-state index in [0.29, 0.717) is 5.92 Å². The summed E-state index contributed by atoms with van der Waals surface area (Å²) in [5.41, 5.74) is 8.92. The first-order valence-corrected chi connectivity index (χ1v) is 7.53. The van der Waals surface area contributed by atoms with E-state index in [0.717, 1.165) is 24.8 Å². The highest BCUT2D eigenvalue weighted by Gasteiger charge is 2.26. The van der Waals surface area contributed by atoms with Crippen molar-refractivity contribution < 1.29 is 0 Å². The molecule has 1 saturated carbocycles. The highest BCUT2D eigenvalue weighted by Crippen LogP contribution is 2.37. The van der Waals surface area contributed by atoms with Gasteiger partial charge in [0.05, 0.1) is 0 Å². The number of aryl methyl sites for hydroxylation is 1. The van der Waals surface area contributed by atoms with Crippen LogP contribution in [0.1, 0.15) is 56.6 Å². The van der Waals surface area contributed by atoms with Crippen molar-refractivity contribution in [2.75, 3.05) is 6.54 Å². The van der Waals surface area contributed by atoms with E-state index >= 15 is 0 Å². The summed E-state index contributed by atoms with van der Waals surface area (Å²) in [7, 11) is 0. The Hall–Kier alpha value is -0.820. The molecule has 0 radical (unpaired) electrons. The number of rotatable bonds is 4. The summed E-state index contributed by atoms with van der Waals surface area (Å²) >= 11 is 0. The van der Waals surface area contributed by atoms with E-state index in [4.69, 9.17) is 5.73 Å². The van der Waals surface area contributed by atoms with E-state index in [-0.39, 0.29) is 0 Å². The SMILES string of the molecule is CCc1ccc(C(CN)C2CCC(C)CC2)cc1. The van der Waals surface area contributed by atoms with Crippen LogP contribution in [0, 0.1) is 11.8 Å². The van der Waals surface area contributed by atoms with Crippen LogP contribution in [-0.4, -0.2) is 6.54 Å². The summed E-state index contributed by atoms with van der Waals surface area (Å²) in [4.78, 5) is 0. The van der Waals surface area contributed by atoms with Gasteiger partial charge in [-0.1, -0.05) is 51.0 Å². The van der Waals surface area contributed by atoms with Crippen molar-refractivity contribution in [3.63, 3.8) is 0 Å². The second-order valence-electron chi connectivity index (χ2n) is 5.96. The van der Waals surface area contributed by atoms with Gasteiger partial charge in [0.25, 0.3) is 0 Å². The molecule has 0 aliphatic heterocycles. The van der Waals surface area contributed by atoms with Crippen LogP contribution in [0.4, 0.5) is 0 Å². The fourth-order valence-electron chi connectivity index (χ4n) is 3.29. The molecule has 1 heteroatoms. The molecule has 0 aromatic heterocycles. The molecule has 100 valence electrons. The zero-order valence-corrected chi connectivity index (χ0v) is 11.9. The van der Waals surface area contributed by atoms with Gasteiger partial charge in [-0.25, -0.2) is 0 Å². The van der Waals surface area contributed by atoms with Gasteiger partial charge in [-0.15, -0.1) is 0 Å². The van der Waals surface area contributed by atoms with Gasteiger partial charge in [-0.2, -0.15) is 0 Å². The monoisotopic (exact) mass is 245 g/mol. The van der Waals surface area contributed by atoms with Crippen LogP contribution in [0.25, 0.3) is 0 Å². The molecule has 1 fully saturated rings. The molecule has 0 bridgehead atoms. The number of hydrogen-bond donors (Lipinski definition) is 1. The Kier molecular flexibility index (Phi) is 4.82. The normalized spacial score (nSPS) is 25.9. The zero-order valence-electron chi connectivity index (χ0n) is 11.9. The zero-order chi connectivity index (χ0) is 13.0. The first kappa shape index (κ1) is 13.6. The van der Waals surface area contributed by atoms with Gasteiger partial charge in [0.1, 0.15) is 0 Å². The maximum absolute atomic E-state index is 6.04. The lowest BCUT2D eigenvalue weighted by Crippen LogP contribution is -2.25. The Morgan fingerprint density at radius 1 is 1.11 bits per heavy atom. The Bertz CT molecular complexity index is 346. The summed E-state index contributed by atoms with van der Waals surface area (Å²) < 4.78 is 0. The molecule has 1 unspecified atom stereocenters. The van der Waals surface area contributed by atoms with Crippen molar-refractivity contribution in [1.82, 2.24) is 0 Å². The Balaban J connectivity index is 2.07. The third kappa shape index (κ3) is 3.14. The predicted octanol–water partition coefficient (Wildman–Crippen LogP) is 4.12. The molecule has 1 nitrogen and oxygen atoms in total. The van der Waals surface area contributed by atoms with Crippen LogP contribution in [0.2, 0.25) is 0 Å². The fraction of sp³-hybridized carbons (Fsp3) is 0.647. The molecule has 1 atom stereocenters. The quantitative estimate of drug-likeness (QED) is 0.848. The molecular weight excluding hydrogens is 218 g/mol. The van der Waals surface area contributed by atoms with Crippen LogP contribution in [0.3, 0.4) is 0 Å². The van der Waals surface area contributed by atoms with Crippen LogP contribution in [-0.2, 0) is 6.42 Å². The molecule has 0 heterocycles. The van der Waals surface area contributed by atoms with E-state index in [1.54, 1.807) is 0 Å². The third-order valence-corrected chi connectivity index (χ3v) is 4.70. The molecule has 0 amide bonds. The van der Waals surface area contributed by atoms with Gasteiger partial charge in [-0.05, 0) is 54.7 Å². The number of benzene rings is 1. The van der Waals surface area contributed by atoms with Gasteiger partial charge in [0.15, 0.2) is 0 Å². The van der Waals surface area contributed by atoms with Gasteiger partial charge >= 0.3 is 0 Å². The topological polar surface area (TPSA) is 26.0 Å². The molecule has 1 aliphatic carbocycles. The minimum atomic E-state index is 0.573. The van der Waals surface area contributed by atoms with E-state index in [1.807, 2.05) is 0 Å². The molecular formula is C17H27N. The Labute approximate surface area is 112 Å². The fourth-order valence-corrected chi connectivity index (χ4v) is 3.29. The van der Waals surface area contributed by atoms with Gasteiger partial charge in [0, 0.05) is 0 Å². The number of hydrogen-bond acceptors (Lipinski definition) is 1. The summed E-state index contributed by atoms with van der Waals surface area (Å²) in [6.45, 7) is 5.38. The highest BCUT2D eigenvalue weighted by atomic mass is 14.6. The van der Waals surface area contributed by atoms with Crippen molar-refractivity contribution in [3.8, 4) is 0 Å². The van der Waals surface area contributed by atoms with E-state index < -0.39 is 0 Å². The standard InChI is InChI=1S/C17H27N/c1-3-14-6-10-16(11-7-14)17(12-18)15-8-4-13(2)5-9-15/h6-7,10-11,13,15,17H,3-5,8-9,12,18H2,1-2H3. The van der Waals surface area contributed by atoms with Gasteiger partial charge in [-0.3, -0.25) is 0 Å².